The Labute approximate surface area is 188 Å². The van der Waals surface area contributed by atoms with Crippen LogP contribution in [0.5, 0.6) is 11.5 Å². The number of rotatable bonds is 9. The fourth-order valence-electron chi connectivity index (χ4n) is 3.63. The average molecular weight is 456 g/mol. The minimum absolute atomic E-state index is 0.149. The van der Waals surface area contributed by atoms with Crippen LogP contribution in [0.3, 0.4) is 0 Å². The van der Waals surface area contributed by atoms with Crippen LogP contribution in [0, 0.1) is 24.4 Å². The van der Waals surface area contributed by atoms with Crippen molar-refractivity contribution in [3.63, 3.8) is 0 Å². The van der Waals surface area contributed by atoms with Gasteiger partial charge in [-0.3, -0.25) is 4.98 Å². The Morgan fingerprint density at radius 2 is 1.79 bits per heavy atom. The molecule has 2 aromatic heterocycles. The Hall–Kier alpha value is -3.52. The third-order valence-corrected chi connectivity index (χ3v) is 5.37. The number of benzene rings is 2. The topological polar surface area (TPSA) is 70.5 Å². The summed E-state index contributed by atoms with van der Waals surface area (Å²) >= 11 is 0. The molecule has 8 heteroatoms. The van der Waals surface area contributed by atoms with Gasteiger partial charge < -0.3 is 19.6 Å². The molecule has 0 fully saturated rings. The van der Waals surface area contributed by atoms with Crippen molar-refractivity contribution >= 4 is 11.0 Å². The van der Waals surface area contributed by atoms with Gasteiger partial charge in [0, 0.05) is 36.1 Å². The zero-order valence-corrected chi connectivity index (χ0v) is 18.0. The number of hydrogen-bond donors (Lipinski definition) is 1. The third kappa shape index (κ3) is 4.96. The summed E-state index contributed by atoms with van der Waals surface area (Å²) in [5.74, 6) is -2.75. The molecule has 33 heavy (non-hydrogen) atoms. The molecule has 0 saturated carbocycles. The first-order chi connectivity index (χ1) is 16.0. The summed E-state index contributed by atoms with van der Waals surface area (Å²) < 4.78 is 57.6. The van der Waals surface area contributed by atoms with E-state index >= 15 is 0 Å². The molecule has 172 valence electrons. The molecule has 0 radical (unpaired) electrons. The number of hydrogen-bond acceptors (Lipinski definition) is 5. The summed E-state index contributed by atoms with van der Waals surface area (Å²) in [7, 11) is 0. The normalized spacial score (nSPS) is 11.2. The molecular formula is C25H23F3N2O3. The lowest BCUT2D eigenvalue weighted by Gasteiger charge is -2.09. The minimum atomic E-state index is -1.27. The standard InChI is InChI=1S/C25H23F3N2O3/c1-15-24(14-32-23-12-18(27)17(26)11-19(23)28)33-22-8-2-7-21(25(15)22)31-10-4-6-20-16(13-29)5-3-9-30-20/h2-3,5,7-9,11-12H,4,6,10,13-14,29H2,1H3. The first-order valence-electron chi connectivity index (χ1n) is 10.5. The SMILES string of the molecule is Cc1c(COc2cc(F)c(F)cc2F)oc2cccc(OCCCc3ncccc3CN)c12. The van der Waals surface area contributed by atoms with E-state index in [9.17, 15) is 13.2 Å². The van der Waals surface area contributed by atoms with Gasteiger partial charge >= 0.3 is 0 Å². The van der Waals surface area contributed by atoms with Crippen LogP contribution < -0.4 is 15.2 Å². The average Bonchev–Trinajstić information content (AvgIpc) is 3.14. The van der Waals surface area contributed by atoms with Crippen molar-refractivity contribution in [1.29, 1.82) is 0 Å². The number of pyridine rings is 1. The van der Waals surface area contributed by atoms with E-state index in [-0.39, 0.29) is 6.61 Å². The van der Waals surface area contributed by atoms with Crippen LogP contribution in [-0.4, -0.2) is 11.6 Å². The van der Waals surface area contributed by atoms with Gasteiger partial charge in [0.2, 0.25) is 0 Å². The molecule has 0 spiro atoms. The molecule has 0 unspecified atom stereocenters. The lowest BCUT2D eigenvalue weighted by atomic mass is 10.1. The van der Waals surface area contributed by atoms with Crippen LogP contribution in [0.1, 0.15) is 29.0 Å². The van der Waals surface area contributed by atoms with E-state index in [0.29, 0.717) is 42.4 Å². The number of aryl methyl sites for hydroxylation is 2. The molecule has 0 atom stereocenters. The Balaban J connectivity index is 1.44. The van der Waals surface area contributed by atoms with Crippen LogP contribution >= 0.6 is 0 Å². The predicted octanol–water partition coefficient (Wildman–Crippen LogP) is 5.60. The minimum Gasteiger partial charge on any atom is -0.493 e. The number of halogens is 3. The van der Waals surface area contributed by atoms with Gasteiger partial charge in [0.15, 0.2) is 23.2 Å². The summed E-state index contributed by atoms with van der Waals surface area (Å²) in [6, 6.07) is 10.4. The Kier molecular flexibility index (Phi) is 6.84. The molecule has 0 saturated heterocycles. The first kappa shape index (κ1) is 22.7. The van der Waals surface area contributed by atoms with Crippen molar-refractivity contribution < 1.29 is 27.1 Å². The molecule has 2 aromatic carbocycles. The molecule has 2 N–H and O–H groups in total. The van der Waals surface area contributed by atoms with Crippen molar-refractivity contribution in [3.8, 4) is 11.5 Å². The maximum absolute atomic E-state index is 13.9. The molecular weight excluding hydrogens is 433 g/mol. The summed E-state index contributed by atoms with van der Waals surface area (Å²) in [6.45, 7) is 2.59. The largest absolute Gasteiger partial charge is 0.493 e. The Morgan fingerprint density at radius 3 is 2.61 bits per heavy atom. The third-order valence-electron chi connectivity index (χ3n) is 5.37. The maximum atomic E-state index is 13.9. The number of ether oxygens (including phenoxy) is 2. The van der Waals surface area contributed by atoms with Gasteiger partial charge in [0.05, 0.1) is 12.0 Å². The zero-order valence-electron chi connectivity index (χ0n) is 18.0. The molecule has 4 rings (SSSR count). The van der Waals surface area contributed by atoms with Crippen LogP contribution in [-0.2, 0) is 19.6 Å². The quantitative estimate of drug-likeness (QED) is 0.262. The van der Waals surface area contributed by atoms with Crippen LogP contribution in [0.2, 0.25) is 0 Å². The second kappa shape index (κ2) is 9.95. The number of aromatic nitrogens is 1. The maximum Gasteiger partial charge on any atom is 0.168 e. The van der Waals surface area contributed by atoms with E-state index in [4.69, 9.17) is 19.6 Å². The number of fused-ring (bicyclic) bond motifs is 1. The molecule has 0 bridgehead atoms. The summed E-state index contributed by atoms with van der Waals surface area (Å²) in [5.41, 5.74) is 9.10. The predicted molar refractivity (Wildman–Crippen MR) is 118 cm³/mol. The highest BCUT2D eigenvalue weighted by Crippen LogP contribution is 2.34. The van der Waals surface area contributed by atoms with Gasteiger partial charge in [-0.15, -0.1) is 0 Å². The number of furan rings is 1. The van der Waals surface area contributed by atoms with Crippen molar-refractivity contribution in [2.45, 2.75) is 32.9 Å². The van der Waals surface area contributed by atoms with Crippen molar-refractivity contribution in [2.24, 2.45) is 5.73 Å². The van der Waals surface area contributed by atoms with E-state index < -0.39 is 23.2 Å². The summed E-state index contributed by atoms with van der Waals surface area (Å²) in [4.78, 5) is 4.39. The van der Waals surface area contributed by atoms with Crippen LogP contribution in [0.15, 0.2) is 53.1 Å². The number of nitrogens with two attached hydrogens (primary N) is 1. The fourth-order valence-corrected chi connectivity index (χ4v) is 3.63. The highest BCUT2D eigenvalue weighted by Gasteiger charge is 2.17. The van der Waals surface area contributed by atoms with E-state index in [0.717, 1.165) is 35.0 Å². The van der Waals surface area contributed by atoms with E-state index in [1.54, 1.807) is 12.3 Å². The lowest BCUT2D eigenvalue weighted by molar-refractivity contribution is 0.258. The summed E-state index contributed by atoms with van der Waals surface area (Å²) in [6.07, 6.45) is 3.25. The molecule has 5 nitrogen and oxygen atoms in total. The highest BCUT2D eigenvalue weighted by molar-refractivity contribution is 5.88. The van der Waals surface area contributed by atoms with Gasteiger partial charge in [0.1, 0.15) is 23.7 Å². The van der Waals surface area contributed by atoms with Crippen molar-refractivity contribution in [3.05, 3.63) is 88.7 Å². The van der Waals surface area contributed by atoms with E-state index in [1.165, 1.54) is 0 Å². The molecule has 4 aromatic rings. The molecule has 0 aliphatic carbocycles. The Bertz CT molecular complexity index is 1270. The fraction of sp³-hybridized carbons (Fsp3) is 0.240. The molecule has 0 aliphatic rings. The first-order valence-corrected chi connectivity index (χ1v) is 10.5. The Morgan fingerprint density at radius 1 is 0.970 bits per heavy atom. The van der Waals surface area contributed by atoms with Gasteiger partial charge in [-0.25, -0.2) is 13.2 Å². The molecule has 0 amide bonds. The van der Waals surface area contributed by atoms with Crippen molar-refractivity contribution in [2.75, 3.05) is 6.61 Å². The molecule has 0 aliphatic heterocycles. The summed E-state index contributed by atoms with van der Waals surface area (Å²) in [5, 5.41) is 0.780. The van der Waals surface area contributed by atoms with E-state index in [1.807, 2.05) is 31.2 Å². The second-order valence-corrected chi connectivity index (χ2v) is 7.53. The van der Waals surface area contributed by atoms with Gasteiger partial charge in [-0.05, 0) is 43.5 Å². The zero-order chi connectivity index (χ0) is 23.4. The second-order valence-electron chi connectivity index (χ2n) is 7.53. The monoisotopic (exact) mass is 456 g/mol. The van der Waals surface area contributed by atoms with E-state index in [2.05, 4.69) is 4.98 Å². The number of nitrogens with zero attached hydrogens (tertiary/aromatic N) is 1. The molecule has 2 heterocycles. The lowest BCUT2D eigenvalue weighted by Crippen LogP contribution is -2.06. The van der Waals surface area contributed by atoms with Crippen LogP contribution in [0.25, 0.3) is 11.0 Å². The van der Waals surface area contributed by atoms with Crippen LogP contribution in [0.4, 0.5) is 13.2 Å². The van der Waals surface area contributed by atoms with Gasteiger partial charge in [0.25, 0.3) is 0 Å². The van der Waals surface area contributed by atoms with Crippen molar-refractivity contribution in [1.82, 2.24) is 4.98 Å². The smallest absolute Gasteiger partial charge is 0.168 e. The van der Waals surface area contributed by atoms with Gasteiger partial charge in [-0.1, -0.05) is 12.1 Å². The highest BCUT2D eigenvalue weighted by atomic mass is 19.2. The van der Waals surface area contributed by atoms with Gasteiger partial charge in [-0.2, -0.15) is 0 Å².